The number of carboxylic acids is 1. The summed E-state index contributed by atoms with van der Waals surface area (Å²) in [6, 6.07) is 0. The summed E-state index contributed by atoms with van der Waals surface area (Å²) in [5.74, 6) is -2.62. The summed E-state index contributed by atoms with van der Waals surface area (Å²) in [5, 5.41) is 80.1. The highest BCUT2D eigenvalue weighted by atomic mass is 16.8. The Hall–Kier alpha value is -1.76. The molecule has 3 fully saturated rings. The van der Waals surface area contributed by atoms with Crippen molar-refractivity contribution in [1.82, 2.24) is 0 Å². The predicted octanol–water partition coefficient (Wildman–Crippen LogP) is 0.269. The van der Waals surface area contributed by atoms with E-state index in [0.29, 0.717) is 12.8 Å². The summed E-state index contributed by atoms with van der Waals surface area (Å²) < 4.78 is 27.9. The van der Waals surface area contributed by atoms with Gasteiger partial charge in [-0.05, 0) is 26.2 Å². The number of aliphatic carboxylic acids is 1. The molecule has 3 saturated heterocycles. The zero-order chi connectivity index (χ0) is 35.4. The second-order valence-corrected chi connectivity index (χ2v) is 13.2. The fourth-order valence-corrected chi connectivity index (χ4v) is 6.48. The Morgan fingerprint density at radius 3 is 1.77 bits per heavy atom. The number of esters is 1. The van der Waals surface area contributed by atoms with Gasteiger partial charge < -0.3 is 64.5 Å². The van der Waals surface area contributed by atoms with E-state index in [1.165, 1.54) is 0 Å². The van der Waals surface area contributed by atoms with Crippen molar-refractivity contribution in [3.05, 3.63) is 12.2 Å². The highest BCUT2D eigenvalue weighted by molar-refractivity contribution is 5.97. The molecule has 8 N–H and O–H groups in total. The van der Waals surface area contributed by atoms with Crippen molar-refractivity contribution < 1.29 is 74.1 Å². The second-order valence-electron chi connectivity index (χ2n) is 13.2. The molecule has 0 aromatic rings. The molecule has 0 aromatic carbocycles. The standard InChI is InChI=1S/C33H56O15/c1-18(14-12-10-8-6-4-3-5-7-9-11-13-15-20-23(30(41)42)19(2)31(43)45-20)44-33-29(27(39)25(37)22(17-35)47-33)48-32-28(40)26(38)24(36)21(16-34)46-32/h18,20-29,32-40H,2-17H2,1H3,(H,41,42)/t18-,20+,21?,22?,23+,24?,25?,26?,27?,28?,29?,32?,33?/m1/s1. The van der Waals surface area contributed by atoms with Crippen molar-refractivity contribution >= 4 is 11.9 Å². The van der Waals surface area contributed by atoms with Crippen LogP contribution in [0, 0.1) is 5.92 Å². The molecular formula is C33H56O15. The highest BCUT2D eigenvalue weighted by Gasteiger charge is 2.51. The maximum Gasteiger partial charge on any atom is 0.334 e. The number of carbonyl (C=O) groups is 2. The first-order valence-electron chi connectivity index (χ1n) is 17.3. The largest absolute Gasteiger partial charge is 0.481 e. The maximum absolute atomic E-state index is 11.6. The molecule has 3 aliphatic rings. The number of aliphatic hydroxyl groups is 7. The van der Waals surface area contributed by atoms with Crippen molar-refractivity contribution in [1.29, 1.82) is 0 Å². The number of unbranched alkanes of at least 4 members (excludes halogenated alkanes) is 10. The quantitative estimate of drug-likeness (QED) is 0.0457. The van der Waals surface area contributed by atoms with Gasteiger partial charge in [0, 0.05) is 5.57 Å². The lowest BCUT2D eigenvalue weighted by Gasteiger charge is -2.46. The Labute approximate surface area is 281 Å². The summed E-state index contributed by atoms with van der Waals surface area (Å²) in [5.41, 5.74) is 0.0277. The van der Waals surface area contributed by atoms with E-state index in [9.17, 15) is 50.4 Å². The number of rotatable bonds is 21. The summed E-state index contributed by atoms with van der Waals surface area (Å²) in [6.07, 6.45) is -3.24. The van der Waals surface area contributed by atoms with Crippen molar-refractivity contribution in [2.24, 2.45) is 5.92 Å². The van der Waals surface area contributed by atoms with E-state index in [1.54, 1.807) is 0 Å². The van der Waals surface area contributed by atoms with E-state index in [4.69, 9.17) is 23.7 Å². The number of aliphatic hydroxyl groups excluding tert-OH is 7. The molecule has 0 radical (unpaired) electrons. The zero-order valence-corrected chi connectivity index (χ0v) is 27.8. The van der Waals surface area contributed by atoms with Crippen LogP contribution in [0.2, 0.25) is 0 Å². The van der Waals surface area contributed by atoms with Crippen LogP contribution in [0.3, 0.4) is 0 Å². The fraction of sp³-hybridized carbons (Fsp3) is 0.879. The van der Waals surface area contributed by atoms with E-state index in [2.05, 4.69) is 6.58 Å². The van der Waals surface area contributed by atoms with Gasteiger partial charge in [-0.25, -0.2) is 4.79 Å². The third kappa shape index (κ3) is 11.1. The fourth-order valence-electron chi connectivity index (χ4n) is 6.48. The molecule has 3 rings (SSSR count). The zero-order valence-electron chi connectivity index (χ0n) is 27.8. The smallest absolute Gasteiger partial charge is 0.334 e. The number of carbonyl (C=O) groups excluding carboxylic acids is 1. The van der Waals surface area contributed by atoms with Crippen LogP contribution in [0.25, 0.3) is 0 Å². The van der Waals surface area contributed by atoms with Gasteiger partial charge in [0.25, 0.3) is 0 Å². The first-order chi connectivity index (χ1) is 22.9. The lowest BCUT2D eigenvalue weighted by molar-refractivity contribution is -0.371. The molecule has 3 aliphatic heterocycles. The summed E-state index contributed by atoms with van der Waals surface area (Å²) in [6.45, 7) is 4.11. The molecule has 0 bridgehead atoms. The molecule has 0 spiro atoms. The lowest BCUT2D eigenvalue weighted by atomic mass is 9.93. The van der Waals surface area contributed by atoms with Crippen LogP contribution in [-0.2, 0) is 33.3 Å². The van der Waals surface area contributed by atoms with Gasteiger partial charge in [0.15, 0.2) is 12.6 Å². The molecule has 0 amide bonds. The highest BCUT2D eigenvalue weighted by Crippen LogP contribution is 2.32. The van der Waals surface area contributed by atoms with Crippen LogP contribution >= 0.6 is 0 Å². The van der Waals surface area contributed by atoms with E-state index in [1.807, 2.05) is 6.92 Å². The van der Waals surface area contributed by atoms with Crippen LogP contribution in [-0.4, -0.2) is 140 Å². The number of cyclic esters (lactones) is 1. The molecule has 15 nitrogen and oxygen atoms in total. The molecule has 278 valence electrons. The molecule has 15 heteroatoms. The maximum atomic E-state index is 11.6. The van der Waals surface area contributed by atoms with Gasteiger partial charge in [-0.1, -0.05) is 70.8 Å². The minimum Gasteiger partial charge on any atom is -0.481 e. The Kier molecular flexibility index (Phi) is 17.1. The lowest BCUT2D eigenvalue weighted by Crippen LogP contribution is -2.64. The topological polar surface area (TPSA) is 242 Å². The Morgan fingerprint density at radius 1 is 0.729 bits per heavy atom. The average molecular weight is 693 g/mol. The summed E-state index contributed by atoms with van der Waals surface area (Å²) in [4.78, 5) is 23.0. The first-order valence-corrected chi connectivity index (χ1v) is 17.3. The third-order valence-electron chi connectivity index (χ3n) is 9.46. The minimum atomic E-state index is -1.73. The van der Waals surface area contributed by atoms with Gasteiger partial charge in [0.2, 0.25) is 0 Å². The van der Waals surface area contributed by atoms with Crippen LogP contribution in [0.4, 0.5) is 0 Å². The first kappa shape index (κ1) is 40.7. The van der Waals surface area contributed by atoms with Crippen LogP contribution in [0.1, 0.15) is 90.4 Å². The van der Waals surface area contributed by atoms with Gasteiger partial charge in [-0.3, -0.25) is 4.79 Å². The van der Waals surface area contributed by atoms with Gasteiger partial charge in [0.1, 0.15) is 60.9 Å². The third-order valence-corrected chi connectivity index (χ3v) is 9.46. The molecule has 13 atom stereocenters. The minimum absolute atomic E-state index is 0.0277. The molecular weight excluding hydrogens is 636 g/mol. The SMILES string of the molecule is C=C1C(=O)O[C@@H](CCCCCCCCCCCCC[C@@H](C)OC2OC(CO)C(O)C(O)C2OC2OC(CO)C(O)C(O)C2O)[C@H]1C(=O)O. The van der Waals surface area contributed by atoms with Crippen LogP contribution < -0.4 is 0 Å². The monoisotopic (exact) mass is 692 g/mol. The molecule has 0 aliphatic carbocycles. The summed E-state index contributed by atoms with van der Waals surface area (Å²) in [7, 11) is 0. The van der Waals surface area contributed by atoms with Crippen molar-refractivity contribution in [2.45, 2.75) is 164 Å². The van der Waals surface area contributed by atoms with Gasteiger partial charge in [0.05, 0.1) is 19.3 Å². The number of hydrogen-bond donors (Lipinski definition) is 8. The second kappa shape index (κ2) is 20.2. The van der Waals surface area contributed by atoms with Crippen molar-refractivity contribution in [3.8, 4) is 0 Å². The van der Waals surface area contributed by atoms with E-state index in [0.717, 1.165) is 70.6 Å². The van der Waals surface area contributed by atoms with Gasteiger partial charge in [-0.2, -0.15) is 0 Å². The number of ether oxygens (including phenoxy) is 5. The molecule has 0 aromatic heterocycles. The van der Waals surface area contributed by atoms with E-state index in [-0.39, 0.29) is 11.7 Å². The van der Waals surface area contributed by atoms with Gasteiger partial charge in [-0.15, -0.1) is 0 Å². The molecule has 10 unspecified atom stereocenters. The molecule has 0 saturated carbocycles. The van der Waals surface area contributed by atoms with Crippen molar-refractivity contribution in [2.75, 3.05) is 13.2 Å². The normalized spacial score (nSPS) is 36.2. The molecule has 3 heterocycles. The van der Waals surface area contributed by atoms with Crippen molar-refractivity contribution in [3.63, 3.8) is 0 Å². The summed E-state index contributed by atoms with van der Waals surface area (Å²) >= 11 is 0. The average Bonchev–Trinajstić information content (AvgIpc) is 3.35. The number of carboxylic acid groups (broad SMARTS) is 1. The van der Waals surface area contributed by atoms with E-state index < -0.39 is 98.6 Å². The Bertz CT molecular complexity index is 994. The molecule has 48 heavy (non-hydrogen) atoms. The Morgan fingerprint density at radius 2 is 1.23 bits per heavy atom. The number of hydrogen-bond acceptors (Lipinski definition) is 14. The van der Waals surface area contributed by atoms with Gasteiger partial charge >= 0.3 is 11.9 Å². The predicted molar refractivity (Wildman–Crippen MR) is 167 cm³/mol. The Balaban J connectivity index is 1.29. The van der Waals surface area contributed by atoms with E-state index >= 15 is 0 Å². The van der Waals surface area contributed by atoms with Crippen LogP contribution in [0.15, 0.2) is 12.2 Å². The van der Waals surface area contributed by atoms with Crippen LogP contribution in [0.5, 0.6) is 0 Å².